The van der Waals surface area contributed by atoms with Crippen molar-refractivity contribution in [2.24, 2.45) is 0 Å². The van der Waals surface area contributed by atoms with Crippen LogP contribution in [-0.4, -0.2) is 47.0 Å². The molecule has 1 heterocycles. The Bertz CT molecular complexity index is 434. The number of hydrogen-bond donors (Lipinski definition) is 2. The molecule has 1 rings (SSSR count). The van der Waals surface area contributed by atoms with E-state index in [-0.39, 0.29) is 12.1 Å². The molecule has 0 atom stereocenters. The van der Waals surface area contributed by atoms with Gasteiger partial charge in [-0.15, -0.1) is 0 Å². The van der Waals surface area contributed by atoms with Crippen molar-refractivity contribution < 1.29 is 18.7 Å². The summed E-state index contributed by atoms with van der Waals surface area (Å²) in [4.78, 5) is 25.8. The van der Waals surface area contributed by atoms with E-state index in [1.165, 1.54) is 12.3 Å². The Labute approximate surface area is 95.7 Å². The number of carbonyl (C=O) groups excluding carboxylic acids is 1. The lowest BCUT2D eigenvalue weighted by atomic mass is 10.2. The zero-order valence-electron chi connectivity index (χ0n) is 8.90. The molecule has 0 radical (unpaired) electrons. The molecule has 1 aromatic rings. The van der Waals surface area contributed by atoms with Gasteiger partial charge in [-0.3, -0.25) is 9.59 Å². The van der Waals surface area contributed by atoms with E-state index in [1.807, 2.05) is 0 Å². The summed E-state index contributed by atoms with van der Waals surface area (Å²) in [6.45, 7) is -1.39. The molecule has 0 saturated heterocycles. The largest absolute Gasteiger partial charge is 0.395 e. The van der Waals surface area contributed by atoms with Gasteiger partial charge in [0.05, 0.1) is 13.2 Å². The zero-order valence-corrected chi connectivity index (χ0v) is 8.90. The van der Waals surface area contributed by atoms with Crippen molar-refractivity contribution in [3.8, 4) is 0 Å². The van der Waals surface area contributed by atoms with Crippen LogP contribution in [0.1, 0.15) is 10.4 Å². The average molecular weight is 246 g/mol. The zero-order chi connectivity index (χ0) is 12.8. The number of aliphatic hydroxyl groups is 1. The van der Waals surface area contributed by atoms with Crippen LogP contribution in [0.3, 0.4) is 0 Å². The summed E-state index contributed by atoms with van der Waals surface area (Å²) in [5.41, 5.74) is -0.473. The Kier molecular flexibility index (Phi) is 4.77. The van der Waals surface area contributed by atoms with Crippen LogP contribution in [0.5, 0.6) is 0 Å². The molecule has 0 fully saturated rings. The maximum atomic E-state index is 12.2. The Balaban J connectivity index is 2.87. The Morgan fingerprint density at radius 1 is 1.53 bits per heavy atom. The van der Waals surface area contributed by atoms with Crippen molar-refractivity contribution in [3.05, 3.63) is 34.2 Å². The summed E-state index contributed by atoms with van der Waals surface area (Å²) in [5.74, 6) is -0.703. The van der Waals surface area contributed by atoms with Crippen LogP contribution in [0.15, 0.2) is 23.1 Å². The SMILES string of the molecule is O=C(c1cc[nH]c(=O)c1)N(CCO)CC(F)F. The predicted molar refractivity (Wildman–Crippen MR) is 56.1 cm³/mol. The molecule has 1 aromatic heterocycles. The molecule has 1 amide bonds. The number of aromatic amines is 1. The number of pyridine rings is 1. The molecule has 0 bridgehead atoms. The number of alkyl halides is 2. The first kappa shape index (κ1) is 13.3. The molecule has 0 saturated carbocycles. The maximum Gasteiger partial charge on any atom is 0.255 e. The number of H-pyrrole nitrogens is 1. The topological polar surface area (TPSA) is 73.4 Å². The minimum absolute atomic E-state index is 0.0165. The van der Waals surface area contributed by atoms with Crippen molar-refractivity contribution in [3.63, 3.8) is 0 Å². The van der Waals surface area contributed by atoms with Crippen molar-refractivity contribution in [1.29, 1.82) is 0 Å². The van der Waals surface area contributed by atoms with Gasteiger partial charge in [0.1, 0.15) is 0 Å². The normalized spacial score (nSPS) is 10.6. The fourth-order valence-corrected chi connectivity index (χ4v) is 1.32. The molecule has 7 heteroatoms. The highest BCUT2D eigenvalue weighted by Crippen LogP contribution is 2.05. The molecule has 0 aromatic carbocycles. The standard InChI is InChI=1S/C10H12F2N2O3/c11-8(12)6-14(3-4-15)10(17)7-1-2-13-9(16)5-7/h1-2,5,8,15H,3-4,6H2,(H,13,16). The highest BCUT2D eigenvalue weighted by atomic mass is 19.3. The Hall–Kier alpha value is -1.76. The quantitative estimate of drug-likeness (QED) is 0.772. The monoisotopic (exact) mass is 246 g/mol. The second kappa shape index (κ2) is 6.09. The predicted octanol–water partition coefficient (Wildman–Crippen LogP) is 0.0745. The molecule has 0 unspecified atom stereocenters. The van der Waals surface area contributed by atoms with Gasteiger partial charge in [0.15, 0.2) is 0 Å². The first-order chi connectivity index (χ1) is 8.04. The van der Waals surface area contributed by atoms with E-state index in [9.17, 15) is 18.4 Å². The number of nitrogens with one attached hydrogen (secondary N) is 1. The van der Waals surface area contributed by atoms with Crippen LogP contribution >= 0.6 is 0 Å². The molecule has 0 aliphatic rings. The van der Waals surface area contributed by atoms with E-state index in [2.05, 4.69) is 4.98 Å². The van der Waals surface area contributed by atoms with Crippen molar-refractivity contribution in [2.75, 3.05) is 19.7 Å². The van der Waals surface area contributed by atoms with Crippen molar-refractivity contribution >= 4 is 5.91 Å². The van der Waals surface area contributed by atoms with Gasteiger partial charge < -0.3 is 15.0 Å². The highest BCUT2D eigenvalue weighted by molar-refractivity contribution is 5.94. The molecule has 17 heavy (non-hydrogen) atoms. The van der Waals surface area contributed by atoms with Gasteiger partial charge in [0.2, 0.25) is 5.56 Å². The second-order valence-corrected chi connectivity index (χ2v) is 3.31. The summed E-state index contributed by atoms with van der Waals surface area (Å²) in [6, 6.07) is 2.34. The van der Waals surface area contributed by atoms with Gasteiger partial charge >= 0.3 is 0 Å². The van der Waals surface area contributed by atoms with Crippen molar-refractivity contribution in [2.45, 2.75) is 6.43 Å². The van der Waals surface area contributed by atoms with Crippen LogP contribution in [0.4, 0.5) is 8.78 Å². The lowest BCUT2D eigenvalue weighted by molar-refractivity contribution is 0.0509. The summed E-state index contributed by atoms with van der Waals surface area (Å²) in [7, 11) is 0. The van der Waals surface area contributed by atoms with Gasteiger partial charge in [-0.2, -0.15) is 0 Å². The van der Waals surface area contributed by atoms with E-state index >= 15 is 0 Å². The lowest BCUT2D eigenvalue weighted by Gasteiger charge is -2.21. The number of amides is 1. The van der Waals surface area contributed by atoms with E-state index < -0.39 is 31.0 Å². The summed E-state index contributed by atoms with van der Waals surface area (Å²) < 4.78 is 24.4. The number of hydrogen-bond acceptors (Lipinski definition) is 3. The van der Waals surface area contributed by atoms with Crippen LogP contribution < -0.4 is 5.56 Å². The molecule has 5 nitrogen and oxygen atoms in total. The van der Waals surface area contributed by atoms with Gasteiger partial charge in [0, 0.05) is 24.4 Å². The number of aliphatic hydroxyl groups excluding tert-OH is 1. The van der Waals surface area contributed by atoms with Crippen LogP contribution in [0.2, 0.25) is 0 Å². The molecular weight excluding hydrogens is 234 g/mol. The summed E-state index contributed by atoms with van der Waals surface area (Å²) >= 11 is 0. The third-order valence-electron chi connectivity index (χ3n) is 2.04. The first-order valence-corrected chi connectivity index (χ1v) is 4.91. The number of carbonyl (C=O) groups is 1. The molecule has 2 N–H and O–H groups in total. The third kappa shape index (κ3) is 3.95. The summed E-state index contributed by atoms with van der Waals surface area (Å²) in [6.07, 6.45) is -1.43. The minimum atomic E-state index is -2.69. The molecule has 94 valence electrons. The molecule has 0 aliphatic carbocycles. The van der Waals surface area contributed by atoms with E-state index in [0.717, 1.165) is 11.0 Å². The number of nitrogens with zero attached hydrogens (tertiary/aromatic N) is 1. The molecule has 0 aliphatic heterocycles. The lowest BCUT2D eigenvalue weighted by Crippen LogP contribution is -2.37. The number of halogens is 2. The first-order valence-electron chi connectivity index (χ1n) is 4.91. The Morgan fingerprint density at radius 2 is 2.24 bits per heavy atom. The number of rotatable bonds is 5. The van der Waals surface area contributed by atoms with Gasteiger partial charge in [-0.1, -0.05) is 0 Å². The average Bonchev–Trinajstić information content (AvgIpc) is 2.27. The highest BCUT2D eigenvalue weighted by Gasteiger charge is 2.19. The number of aromatic nitrogens is 1. The van der Waals surface area contributed by atoms with E-state index in [0.29, 0.717) is 0 Å². The fourth-order valence-electron chi connectivity index (χ4n) is 1.32. The van der Waals surface area contributed by atoms with E-state index in [4.69, 9.17) is 5.11 Å². The van der Waals surface area contributed by atoms with Gasteiger partial charge in [0.25, 0.3) is 12.3 Å². The Morgan fingerprint density at radius 3 is 2.76 bits per heavy atom. The van der Waals surface area contributed by atoms with E-state index in [1.54, 1.807) is 0 Å². The second-order valence-electron chi connectivity index (χ2n) is 3.31. The molecule has 0 spiro atoms. The van der Waals surface area contributed by atoms with Gasteiger partial charge in [-0.05, 0) is 6.07 Å². The molecular formula is C10H12F2N2O3. The fraction of sp³-hybridized carbons (Fsp3) is 0.400. The summed E-state index contributed by atoms with van der Waals surface area (Å²) in [5, 5.41) is 8.69. The van der Waals surface area contributed by atoms with Crippen LogP contribution in [0.25, 0.3) is 0 Å². The third-order valence-corrected chi connectivity index (χ3v) is 2.04. The minimum Gasteiger partial charge on any atom is -0.395 e. The van der Waals surface area contributed by atoms with Gasteiger partial charge in [-0.25, -0.2) is 8.78 Å². The van der Waals surface area contributed by atoms with Crippen LogP contribution in [0, 0.1) is 0 Å². The van der Waals surface area contributed by atoms with Crippen molar-refractivity contribution in [1.82, 2.24) is 9.88 Å². The van der Waals surface area contributed by atoms with Crippen LogP contribution in [-0.2, 0) is 0 Å². The maximum absolute atomic E-state index is 12.2. The smallest absolute Gasteiger partial charge is 0.255 e.